The van der Waals surface area contributed by atoms with E-state index in [1.54, 1.807) is 6.07 Å². The number of carbonyl (C=O) groups is 2. The summed E-state index contributed by atoms with van der Waals surface area (Å²) in [5, 5.41) is 0. The van der Waals surface area contributed by atoms with E-state index in [2.05, 4.69) is 4.74 Å². The summed E-state index contributed by atoms with van der Waals surface area (Å²) in [6.45, 7) is 0. The molecule has 0 aliphatic heterocycles. The molecule has 3 nitrogen and oxygen atoms in total. The van der Waals surface area contributed by atoms with Crippen LogP contribution in [-0.2, 0) is 16.0 Å². The topological polar surface area (TPSA) is 43.4 Å². The first-order chi connectivity index (χ1) is 7.17. The zero-order valence-corrected chi connectivity index (χ0v) is 8.33. The van der Waals surface area contributed by atoms with Crippen molar-refractivity contribution in [2.24, 2.45) is 0 Å². The minimum absolute atomic E-state index is 0.0248. The first kappa shape index (κ1) is 11.4. The van der Waals surface area contributed by atoms with Gasteiger partial charge in [0, 0.05) is 6.42 Å². The van der Waals surface area contributed by atoms with Crippen LogP contribution in [0, 0.1) is 5.82 Å². The zero-order chi connectivity index (χ0) is 11.3. The molecule has 80 valence electrons. The molecule has 1 rings (SSSR count). The zero-order valence-electron chi connectivity index (χ0n) is 8.33. The Kier molecular flexibility index (Phi) is 3.97. The molecule has 0 aliphatic rings. The number of esters is 1. The molecule has 0 unspecified atom stereocenters. The van der Waals surface area contributed by atoms with Crippen LogP contribution in [0.2, 0.25) is 0 Å². The number of rotatable bonds is 4. The van der Waals surface area contributed by atoms with Gasteiger partial charge in [0.1, 0.15) is 5.82 Å². The second-order valence-corrected chi connectivity index (χ2v) is 3.05. The van der Waals surface area contributed by atoms with Gasteiger partial charge in [-0.1, -0.05) is 6.07 Å². The lowest BCUT2D eigenvalue weighted by atomic mass is 10.1. The number of carbonyl (C=O) groups excluding carboxylic acids is 2. The van der Waals surface area contributed by atoms with Crippen LogP contribution in [0.15, 0.2) is 18.2 Å². The lowest BCUT2D eigenvalue weighted by molar-refractivity contribution is -0.140. The first-order valence-corrected chi connectivity index (χ1v) is 4.47. The van der Waals surface area contributed by atoms with E-state index in [0.717, 1.165) is 0 Å². The van der Waals surface area contributed by atoms with Crippen molar-refractivity contribution in [2.45, 2.75) is 12.8 Å². The summed E-state index contributed by atoms with van der Waals surface area (Å²) in [5.41, 5.74) is 0.695. The number of aryl methyl sites for hydroxylation is 1. The Morgan fingerprint density at radius 1 is 1.53 bits per heavy atom. The fourth-order valence-corrected chi connectivity index (χ4v) is 1.17. The number of methoxy groups -OCH3 is 1. The number of halogens is 1. The standard InChI is InChI=1S/C11H11FO3/c1-15-11(14)5-3-8-2-4-9(7-13)10(12)6-8/h2,4,6-7H,3,5H2,1H3. The van der Waals surface area contributed by atoms with Gasteiger partial charge in [0.05, 0.1) is 12.7 Å². The van der Waals surface area contributed by atoms with E-state index in [-0.39, 0.29) is 18.0 Å². The number of benzene rings is 1. The van der Waals surface area contributed by atoms with Crippen LogP contribution in [0.5, 0.6) is 0 Å². The summed E-state index contributed by atoms with van der Waals surface area (Å²) in [7, 11) is 1.30. The van der Waals surface area contributed by atoms with Crippen LogP contribution in [0.1, 0.15) is 22.3 Å². The average Bonchev–Trinajstić information content (AvgIpc) is 2.26. The molecule has 1 aromatic carbocycles. The van der Waals surface area contributed by atoms with E-state index in [9.17, 15) is 14.0 Å². The Morgan fingerprint density at radius 3 is 2.80 bits per heavy atom. The highest BCUT2D eigenvalue weighted by Gasteiger charge is 2.05. The molecule has 15 heavy (non-hydrogen) atoms. The second-order valence-electron chi connectivity index (χ2n) is 3.05. The normalized spacial score (nSPS) is 9.73. The third-order valence-corrected chi connectivity index (χ3v) is 2.04. The largest absolute Gasteiger partial charge is 0.469 e. The van der Waals surface area contributed by atoms with Crippen molar-refractivity contribution in [3.8, 4) is 0 Å². The lowest BCUT2D eigenvalue weighted by Crippen LogP contribution is -2.02. The van der Waals surface area contributed by atoms with Gasteiger partial charge >= 0.3 is 5.97 Å². The van der Waals surface area contributed by atoms with E-state index in [1.165, 1.54) is 19.2 Å². The van der Waals surface area contributed by atoms with Gasteiger partial charge in [-0.15, -0.1) is 0 Å². The van der Waals surface area contributed by atoms with Crippen molar-refractivity contribution in [1.29, 1.82) is 0 Å². The molecule has 0 bridgehead atoms. The average molecular weight is 210 g/mol. The first-order valence-electron chi connectivity index (χ1n) is 4.47. The predicted octanol–water partition coefficient (Wildman–Crippen LogP) is 1.74. The van der Waals surface area contributed by atoms with Crippen molar-refractivity contribution in [3.63, 3.8) is 0 Å². The number of ether oxygens (including phenoxy) is 1. The summed E-state index contributed by atoms with van der Waals surface area (Å²) in [5.74, 6) is -0.901. The van der Waals surface area contributed by atoms with Crippen LogP contribution in [0.3, 0.4) is 0 Å². The van der Waals surface area contributed by atoms with E-state index in [1.807, 2.05) is 0 Å². The maximum atomic E-state index is 13.1. The van der Waals surface area contributed by atoms with Gasteiger partial charge in [0.2, 0.25) is 0 Å². The molecule has 0 radical (unpaired) electrons. The molecule has 1 aromatic rings. The molecule has 0 N–H and O–H groups in total. The van der Waals surface area contributed by atoms with Crippen molar-refractivity contribution < 1.29 is 18.7 Å². The van der Waals surface area contributed by atoms with Gasteiger partial charge < -0.3 is 4.74 Å². The van der Waals surface area contributed by atoms with Gasteiger partial charge in [-0.05, 0) is 24.1 Å². The molecular formula is C11H11FO3. The Labute approximate surface area is 86.9 Å². The molecule has 0 spiro atoms. The second kappa shape index (κ2) is 5.24. The maximum Gasteiger partial charge on any atom is 0.305 e. The third kappa shape index (κ3) is 3.16. The molecule has 0 amide bonds. The minimum atomic E-state index is -0.563. The van der Waals surface area contributed by atoms with Crippen molar-refractivity contribution >= 4 is 12.3 Å². The van der Waals surface area contributed by atoms with Crippen LogP contribution >= 0.6 is 0 Å². The fraction of sp³-hybridized carbons (Fsp3) is 0.273. The van der Waals surface area contributed by atoms with Gasteiger partial charge in [-0.25, -0.2) is 4.39 Å². The predicted molar refractivity (Wildman–Crippen MR) is 52.1 cm³/mol. The summed E-state index contributed by atoms with van der Waals surface area (Å²) in [4.78, 5) is 21.2. The van der Waals surface area contributed by atoms with Crippen molar-refractivity contribution in [1.82, 2.24) is 0 Å². The van der Waals surface area contributed by atoms with Crippen molar-refractivity contribution in [2.75, 3.05) is 7.11 Å². The molecule has 0 aliphatic carbocycles. The summed E-state index contributed by atoms with van der Waals surface area (Å²) < 4.78 is 17.6. The molecular weight excluding hydrogens is 199 g/mol. The monoisotopic (exact) mass is 210 g/mol. The van der Waals surface area contributed by atoms with Crippen LogP contribution < -0.4 is 0 Å². The molecule has 0 fully saturated rings. The Balaban J connectivity index is 2.67. The number of hydrogen-bond donors (Lipinski definition) is 0. The highest BCUT2D eigenvalue weighted by Crippen LogP contribution is 2.10. The molecule has 4 heteroatoms. The number of hydrogen-bond acceptors (Lipinski definition) is 3. The van der Waals surface area contributed by atoms with Crippen LogP contribution in [-0.4, -0.2) is 19.4 Å². The Hall–Kier alpha value is -1.71. The van der Waals surface area contributed by atoms with E-state index >= 15 is 0 Å². The fourth-order valence-electron chi connectivity index (χ4n) is 1.17. The van der Waals surface area contributed by atoms with E-state index in [0.29, 0.717) is 18.3 Å². The molecule has 0 saturated carbocycles. The lowest BCUT2D eigenvalue weighted by Gasteiger charge is -2.01. The van der Waals surface area contributed by atoms with Crippen LogP contribution in [0.25, 0.3) is 0 Å². The molecule has 0 aromatic heterocycles. The Morgan fingerprint density at radius 2 is 2.27 bits per heavy atom. The third-order valence-electron chi connectivity index (χ3n) is 2.04. The SMILES string of the molecule is COC(=O)CCc1ccc(C=O)c(F)c1. The quantitative estimate of drug-likeness (QED) is 0.561. The summed E-state index contributed by atoms with van der Waals surface area (Å²) in [6, 6.07) is 4.28. The van der Waals surface area contributed by atoms with Crippen LogP contribution in [0.4, 0.5) is 4.39 Å². The summed E-state index contributed by atoms with van der Waals surface area (Å²) in [6.07, 6.45) is 1.07. The van der Waals surface area contributed by atoms with E-state index in [4.69, 9.17) is 0 Å². The van der Waals surface area contributed by atoms with Gasteiger partial charge in [0.15, 0.2) is 6.29 Å². The summed E-state index contributed by atoms with van der Waals surface area (Å²) >= 11 is 0. The van der Waals surface area contributed by atoms with Gasteiger partial charge in [0.25, 0.3) is 0 Å². The highest BCUT2D eigenvalue weighted by atomic mass is 19.1. The smallest absolute Gasteiger partial charge is 0.305 e. The van der Waals surface area contributed by atoms with Gasteiger partial charge in [-0.3, -0.25) is 9.59 Å². The Bertz CT molecular complexity index is 374. The minimum Gasteiger partial charge on any atom is -0.469 e. The van der Waals surface area contributed by atoms with Gasteiger partial charge in [-0.2, -0.15) is 0 Å². The molecule has 0 saturated heterocycles. The molecule has 0 atom stereocenters. The maximum absolute atomic E-state index is 13.1. The van der Waals surface area contributed by atoms with Crippen molar-refractivity contribution in [3.05, 3.63) is 35.1 Å². The highest BCUT2D eigenvalue weighted by molar-refractivity contribution is 5.75. The van der Waals surface area contributed by atoms with E-state index < -0.39 is 5.82 Å². The number of aldehydes is 1. The molecule has 0 heterocycles.